The summed E-state index contributed by atoms with van der Waals surface area (Å²) in [5.74, 6) is 0.304. The SMILES string of the molecule is CC(C)CC1=CC(OC(F)(F)F)C(F)C=C1. The standard InChI is InChI=1S/C11H14F4O/c1-7(2)5-8-3-4-9(12)10(6-8)16-11(13,14)15/h3-4,6-7,9-10H,5H2,1-2H3. The van der Waals surface area contributed by atoms with E-state index in [1.165, 1.54) is 12.2 Å². The summed E-state index contributed by atoms with van der Waals surface area (Å²) in [4.78, 5) is 0. The fourth-order valence-electron chi connectivity index (χ4n) is 1.54. The molecule has 0 aromatic carbocycles. The maximum Gasteiger partial charge on any atom is 0.523 e. The minimum atomic E-state index is -4.81. The molecule has 16 heavy (non-hydrogen) atoms. The van der Waals surface area contributed by atoms with Gasteiger partial charge in [0, 0.05) is 0 Å². The predicted molar refractivity (Wildman–Crippen MR) is 52.5 cm³/mol. The summed E-state index contributed by atoms with van der Waals surface area (Å²) in [5.41, 5.74) is 0.679. The summed E-state index contributed by atoms with van der Waals surface area (Å²) in [5, 5.41) is 0. The van der Waals surface area contributed by atoms with Gasteiger partial charge in [-0.15, -0.1) is 13.2 Å². The fourth-order valence-corrected chi connectivity index (χ4v) is 1.54. The van der Waals surface area contributed by atoms with Crippen molar-refractivity contribution in [3.05, 3.63) is 23.8 Å². The topological polar surface area (TPSA) is 9.23 Å². The maximum absolute atomic E-state index is 13.1. The van der Waals surface area contributed by atoms with Crippen molar-refractivity contribution in [2.45, 2.75) is 38.9 Å². The molecule has 0 aromatic heterocycles. The number of halogens is 4. The first-order chi connectivity index (χ1) is 7.28. The van der Waals surface area contributed by atoms with Gasteiger partial charge < -0.3 is 0 Å². The van der Waals surface area contributed by atoms with Crippen molar-refractivity contribution in [3.8, 4) is 0 Å². The zero-order valence-electron chi connectivity index (χ0n) is 9.09. The van der Waals surface area contributed by atoms with E-state index in [4.69, 9.17) is 0 Å². The lowest BCUT2D eigenvalue weighted by Crippen LogP contribution is -2.31. The largest absolute Gasteiger partial charge is 0.523 e. The van der Waals surface area contributed by atoms with Gasteiger partial charge in [0.2, 0.25) is 0 Å². The molecule has 0 heterocycles. The molecule has 92 valence electrons. The van der Waals surface area contributed by atoms with E-state index >= 15 is 0 Å². The van der Waals surface area contributed by atoms with Crippen molar-refractivity contribution in [2.24, 2.45) is 5.92 Å². The van der Waals surface area contributed by atoms with Crippen LogP contribution in [0.25, 0.3) is 0 Å². The molecular weight excluding hydrogens is 224 g/mol. The van der Waals surface area contributed by atoms with E-state index in [2.05, 4.69) is 4.74 Å². The third-order valence-electron chi connectivity index (χ3n) is 2.10. The number of allylic oxidation sites excluding steroid dienone is 2. The molecule has 0 amide bonds. The first-order valence-electron chi connectivity index (χ1n) is 5.05. The molecule has 1 aliphatic carbocycles. The van der Waals surface area contributed by atoms with E-state index in [-0.39, 0.29) is 0 Å². The zero-order chi connectivity index (χ0) is 12.3. The summed E-state index contributed by atoms with van der Waals surface area (Å²) >= 11 is 0. The Kier molecular flexibility index (Phi) is 4.13. The molecule has 0 saturated carbocycles. The molecule has 0 radical (unpaired) electrons. The summed E-state index contributed by atoms with van der Waals surface area (Å²) in [6.45, 7) is 3.88. The molecule has 1 aliphatic rings. The number of hydrogen-bond donors (Lipinski definition) is 0. The Morgan fingerprint density at radius 3 is 2.50 bits per heavy atom. The first-order valence-corrected chi connectivity index (χ1v) is 5.05. The molecule has 0 N–H and O–H groups in total. The van der Waals surface area contributed by atoms with Crippen LogP contribution in [0.1, 0.15) is 20.3 Å². The van der Waals surface area contributed by atoms with Gasteiger partial charge in [0.1, 0.15) is 12.3 Å². The van der Waals surface area contributed by atoms with Crippen molar-refractivity contribution in [1.29, 1.82) is 0 Å². The second-order valence-corrected chi connectivity index (χ2v) is 4.17. The minimum absolute atomic E-state index is 0.304. The van der Waals surface area contributed by atoms with Gasteiger partial charge in [-0.3, -0.25) is 4.74 Å². The highest BCUT2D eigenvalue weighted by Gasteiger charge is 2.36. The molecule has 0 fully saturated rings. The van der Waals surface area contributed by atoms with E-state index in [9.17, 15) is 17.6 Å². The predicted octanol–water partition coefficient (Wildman–Crippen LogP) is 3.77. The molecule has 5 heteroatoms. The highest BCUT2D eigenvalue weighted by Crippen LogP contribution is 2.27. The third kappa shape index (κ3) is 4.35. The summed E-state index contributed by atoms with van der Waals surface area (Å²) in [6, 6.07) is 0. The van der Waals surface area contributed by atoms with Gasteiger partial charge in [0.05, 0.1) is 0 Å². The van der Waals surface area contributed by atoms with Gasteiger partial charge in [-0.25, -0.2) is 4.39 Å². The van der Waals surface area contributed by atoms with Crippen LogP contribution >= 0.6 is 0 Å². The lowest BCUT2D eigenvalue weighted by molar-refractivity contribution is -0.340. The van der Waals surface area contributed by atoms with Crippen LogP contribution < -0.4 is 0 Å². The molecule has 0 spiro atoms. The van der Waals surface area contributed by atoms with Gasteiger partial charge in [0.25, 0.3) is 0 Å². The van der Waals surface area contributed by atoms with Crippen molar-refractivity contribution >= 4 is 0 Å². The van der Waals surface area contributed by atoms with E-state index in [1.54, 1.807) is 0 Å². The van der Waals surface area contributed by atoms with E-state index in [0.717, 1.165) is 6.08 Å². The number of rotatable bonds is 3. The molecule has 2 atom stereocenters. The summed E-state index contributed by atoms with van der Waals surface area (Å²) < 4.78 is 52.7. The smallest absolute Gasteiger partial charge is 0.281 e. The average Bonchev–Trinajstić information content (AvgIpc) is 2.07. The van der Waals surface area contributed by atoms with Crippen molar-refractivity contribution < 1.29 is 22.3 Å². The number of hydrogen-bond acceptors (Lipinski definition) is 1. The normalized spacial score (nSPS) is 26.1. The quantitative estimate of drug-likeness (QED) is 0.680. The molecule has 1 rings (SSSR count). The monoisotopic (exact) mass is 238 g/mol. The molecular formula is C11H14F4O. The lowest BCUT2D eigenvalue weighted by Gasteiger charge is -2.22. The highest BCUT2D eigenvalue weighted by molar-refractivity contribution is 5.27. The van der Waals surface area contributed by atoms with E-state index < -0.39 is 18.6 Å². The summed E-state index contributed by atoms with van der Waals surface area (Å²) in [7, 11) is 0. The molecule has 0 bridgehead atoms. The number of alkyl halides is 4. The van der Waals surface area contributed by atoms with Crippen LogP contribution in [-0.4, -0.2) is 18.6 Å². The molecule has 1 nitrogen and oxygen atoms in total. The van der Waals surface area contributed by atoms with Gasteiger partial charge in [-0.1, -0.05) is 19.9 Å². The average molecular weight is 238 g/mol. The highest BCUT2D eigenvalue weighted by atomic mass is 19.4. The van der Waals surface area contributed by atoms with E-state index in [1.807, 2.05) is 13.8 Å². The molecule has 0 aliphatic heterocycles. The van der Waals surface area contributed by atoms with Crippen LogP contribution in [0.4, 0.5) is 17.6 Å². The van der Waals surface area contributed by atoms with Crippen LogP contribution in [0.3, 0.4) is 0 Å². The van der Waals surface area contributed by atoms with Crippen LogP contribution in [-0.2, 0) is 4.74 Å². The van der Waals surface area contributed by atoms with Crippen molar-refractivity contribution in [2.75, 3.05) is 0 Å². The maximum atomic E-state index is 13.1. The Bertz CT molecular complexity index is 291. The van der Waals surface area contributed by atoms with Gasteiger partial charge in [0.15, 0.2) is 0 Å². The van der Waals surface area contributed by atoms with Crippen molar-refractivity contribution in [1.82, 2.24) is 0 Å². The first kappa shape index (κ1) is 13.2. The molecule has 2 unspecified atom stereocenters. The van der Waals surface area contributed by atoms with Crippen LogP contribution in [0.15, 0.2) is 23.8 Å². The second-order valence-electron chi connectivity index (χ2n) is 4.17. The molecule has 0 saturated heterocycles. The van der Waals surface area contributed by atoms with Crippen LogP contribution in [0.5, 0.6) is 0 Å². The lowest BCUT2D eigenvalue weighted by atomic mass is 9.96. The third-order valence-corrected chi connectivity index (χ3v) is 2.10. The van der Waals surface area contributed by atoms with Crippen molar-refractivity contribution in [3.63, 3.8) is 0 Å². The Morgan fingerprint density at radius 1 is 1.38 bits per heavy atom. The summed E-state index contributed by atoms with van der Waals surface area (Å²) in [6.07, 6.45) is -3.66. The Balaban J connectivity index is 2.69. The van der Waals surface area contributed by atoms with Gasteiger partial charge in [-0.2, -0.15) is 0 Å². The van der Waals surface area contributed by atoms with Gasteiger partial charge in [-0.05, 0) is 30.1 Å². The zero-order valence-corrected chi connectivity index (χ0v) is 9.09. The molecule has 0 aromatic rings. The number of ether oxygens (including phenoxy) is 1. The second kappa shape index (κ2) is 4.99. The Morgan fingerprint density at radius 2 is 2.00 bits per heavy atom. The van der Waals surface area contributed by atoms with Crippen LogP contribution in [0.2, 0.25) is 0 Å². The fraction of sp³-hybridized carbons (Fsp3) is 0.636. The van der Waals surface area contributed by atoms with E-state index in [0.29, 0.717) is 17.9 Å². The van der Waals surface area contributed by atoms with Gasteiger partial charge >= 0.3 is 6.36 Å². The minimum Gasteiger partial charge on any atom is -0.281 e. The van der Waals surface area contributed by atoms with Crippen LogP contribution in [0, 0.1) is 5.92 Å². The Labute approximate surface area is 91.8 Å². The Hall–Kier alpha value is -0.840.